The molecular formula is C21H16ClN3O3S. The summed E-state index contributed by atoms with van der Waals surface area (Å²) >= 11 is 7.23. The number of benzene rings is 2. The number of rotatable bonds is 4. The predicted octanol–water partition coefficient (Wildman–Crippen LogP) is 4.49. The number of ether oxygens (including phenoxy) is 1. The van der Waals surface area contributed by atoms with E-state index < -0.39 is 0 Å². The van der Waals surface area contributed by atoms with Crippen molar-refractivity contribution in [2.45, 2.75) is 9.92 Å². The van der Waals surface area contributed by atoms with Crippen molar-refractivity contribution >= 4 is 46.6 Å². The number of anilines is 2. The second-order valence-corrected chi connectivity index (χ2v) is 7.76. The van der Waals surface area contributed by atoms with Gasteiger partial charge in [0, 0.05) is 28.9 Å². The molecule has 0 saturated heterocycles. The van der Waals surface area contributed by atoms with Crippen LogP contribution in [-0.2, 0) is 4.79 Å². The zero-order valence-electron chi connectivity index (χ0n) is 15.4. The molecule has 0 saturated carbocycles. The number of hydrogen-bond donors (Lipinski definition) is 1. The van der Waals surface area contributed by atoms with Crippen LogP contribution < -0.4 is 15.0 Å². The van der Waals surface area contributed by atoms with E-state index in [0.29, 0.717) is 27.0 Å². The summed E-state index contributed by atoms with van der Waals surface area (Å²) in [7, 11) is 1.72. The molecule has 0 radical (unpaired) electrons. The SMILES string of the molecule is CN1C(=O)c2cccnc2Sc2cc(NC(=O)COc3ccc(Cl)cc3)ccc21. The Balaban J connectivity index is 1.49. The van der Waals surface area contributed by atoms with Gasteiger partial charge in [-0.2, -0.15) is 0 Å². The highest BCUT2D eigenvalue weighted by atomic mass is 35.5. The molecule has 0 unspecified atom stereocenters. The van der Waals surface area contributed by atoms with Crippen LogP contribution in [0.1, 0.15) is 10.4 Å². The molecule has 0 bridgehead atoms. The fourth-order valence-electron chi connectivity index (χ4n) is 2.86. The second kappa shape index (κ2) is 8.14. The number of carbonyl (C=O) groups excluding carboxylic acids is 2. The Morgan fingerprint density at radius 1 is 1.21 bits per heavy atom. The number of nitrogens with zero attached hydrogens (tertiary/aromatic N) is 2. The molecule has 1 aromatic heterocycles. The monoisotopic (exact) mass is 425 g/mol. The number of fused-ring (bicyclic) bond motifs is 2. The van der Waals surface area contributed by atoms with Gasteiger partial charge >= 0.3 is 0 Å². The molecule has 0 fully saturated rings. The summed E-state index contributed by atoms with van der Waals surface area (Å²) in [6.07, 6.45) is 1.66. The second-order valence-electron chi connectivity index (χ2n) is 6.30. The smallest absolute Gasteiger partial charge is 0.262 e. The minimum absolute atomic E-state index is 0.118. The van der Waals surface area contributed by atoms with Crippen LogP contribution in [0.4, 0.5) is 11.4 Å². The molecule has 1 N–H and O–H groups in total. The van der Waals surface area contributed by atoms with Crippen molar-refractivity contribution in [3.8, 4) is 5.75 Å². The van der Waals surface area contributed by atoms with Crippen LogP contribution in [0.3, 0.4) is 0 Å². The maximum Gasteiger partial charge on any atom is 0.262 e. The Labute approximate surface area is 176 Å². The summed E-state index contributed by atoms with van der Waals surface area (Å²) in [4.78, 5) is 31.7. The minimum Gasteiger partial charge on any atom is -0.484 e. The Bertz CT molecular complexity index is 1090. The molecule has 1 aliphatic rings. The molecule has 0 aliphatic carbocycles. The molecule has 0 spiro atoms. The predicted molar refractivity (Wildman–Crippen MR) is 113 cm³/mol. The van der Waals surface area contributed by atoms with Crippen molar-refractivity contribution < 1.29 is 14.3 Å². The van der Waals surface area contributed by atoms with Crippen LogP contribution in [0.5, 0.6) is 5.75 Å². The highest BCUT2D eigenvalue weighted by Gasteiger charge is 2.25. The lowest BCUT2D eigenvalue weighted by Gasteiger charge is -2.18. The third-order valence-corrected chi connectivity index (χ3v) is 5.62. The quantitative estimate of drug-likeness (QED) is 0.666. The summed E-state index contributed by atoms with van der Waals surface area (Å²) in [5.74, 6) is 0.152. The molecule has 146 valence electrons. The molecule has 3 aromatic rings. The average Bonchev–Trinajstić information content (AvgIpc) is 2.82. The van der Waals surface area contributed by atoms with E-state index in [1.54, 1.807) is 60.6 Å². The number of hydrogen-bond acceptors (Lipinski definition) is 5. The summed E-state index contributed by atoms with van der Waals surface area (Å²) < 4.78 is 5.47. The van der Waals surface area contributed by atoms with Crippen LogP contribution in [-0.4, -0.2) is 30.5 Å². The van der Waals surface area contributed by atoms with Gasteiger partial charge in [0.1, 0.15) is 10.8 Å². The summed E-state index contributed by atoms with van der Waals surface area (Å²) in [5.41, 5.74) is 1.92. The van der Waals surface area contributed by atoms with E-state index in [9.17, 15) is 9.59 Å². The number of halogens is 1. The lowest BCUT2D eigenvalue weighted by Crippen LogP contribution is -2.26. The fourth-order valence-corrected chi connectivity index (χ4v) is 4.07. The van der Waals surface area contributed by atoms with Crippen molar-refractivity contribution in [2.24, 2.45) is 0 Å². The average molecular weight is 426 g/mol. The normalized spacial score (nSPS) is 12.6. The third-order valence-electron chi connectivity index (χ3n) is 4.30. The van der Waals surface area contributed by atoms with E-state index >= 15 is 0 Å². The molecule has 29 heavy (non-hydrogen) atoms. The van der Waals surface area contributed by atoms with Crippen molar-refractivity contribution in [1.82, 2.24) is 4.98 Å². The number of amides is 2. The largest absolute Gasteiger partial charge is 0.484 e. The van der Waals surface area contributed by atoms with E-state index in [-0.39, 0.29) is 18.4 Å². The first kappa shape index (κ1) is 19.3. The fraction of sp³-hybridized carbons (Fsp3) is 0.0952. The van der Waals surface area contributed by atoms with E-state index in [4.69, 9.17) is 16.3 Å². The van der Waals surface area contributed by atoms with Gasteiger partial charge in [-0.15, -0.1) is 0 Å². The van der Waals surface area contributed by atoms with Gasteiger partial charge in [0.25, 0.3) is 11.8 Å². The van der Waals surface area contributed by atoms with Crippen molar-refractivity contribution in [2.75, 3.05) is 23.9 Å². The van der Waals surface area contributed by atoms with Crippen LogP contribution in [0.15, 0.2) is 70.7 Å². The van der Waals surface area contributed by atoms with Crippen LogP contribution in [0.2, 0.25) is 5.02 Å². The molecule has 2 heterocycles. The van der Waals surface area contributed by atoms with Gasteiger partial charge in [0.05, 0.1) is 11.3 Å². The highest BCUT2D eigenvalue weighted by Crippen LogP contribution is 2.41. The summed E-state index contributed by atoms with van der Waals surface area (Å²) in [6.45, 7) is -0.130. The molecule has 0 atom stereocenters. The Hall–Kier alpha value is -3.03. The van der Waals surface area contributed by atoms with E-state index in [1.165, 1.54) is 11.8 Å². The Morgan fingerprint density at radius 2 is 2.00 bits per heavy atom. The number of carbonyl (C=O) groups is 2. The number of nitrogens with one attached hydrogen (secondary N) is 1. The van der Waals surface area contributed by atoms with Crippen LogP contribution in [0, 0.1) is 0 Å². The standard InChI is InChI=1S/C21H16ClN3O3S/c1-25-17-9-6-14(24-19(26)12-28-15-7-4-13(22)5-8-15)11-18(17)29-20-16(21(25)27)3-2-10-23-20/h2-11H,12H2,1H3,(H,24,26). The highest BCUT2D eigenvalue weighted by molar-refractivity contribution is 7.99. The van der Waals surface area contributed by atoms with Gasteiger partial charge in [-0.05, 0) is 54.6 Å². The number of pyridine rings is 1. The maximum atomic E-state index is 12.7. The molecule has 6 nitrogen and oxygen atoms in total. The Morgan fingerprint density at radius 3 is 2.79 bits per heavy atom. The third kappa shape index (κ3) is 4.21. The van der Waals surface area contributed by atoms with Crippen molar-refractivity contribution in [3.05, 3.63) is 71.4 Å². The zero-order valence-corrected chi connectivity index (χ0v) is 17.0. The van der Waals surface area contributed by atoms with Crippen LogP contribution in [0.25, 0.3) is 0 Å². The van der Waals surface area contributed by atoms with Crippen molar-refractivity contribution in [1.29, 1.82) is 0 Å². The van der Waals surface area contributed by atoms with Crippen LogP contribution >= 0.6 is 23.4 Å². The topological polar surface area (TPSA) is 71.5 Å². The molecule has 4 rings (SSSR count). The van der Waals surface area contributed by atoms with E-state index in [1.807, 2.05) is 12.1 Å². The zero-order chi connectivity index (χ0) is 20.4. The lowest BCUT2D eigenvalue weighted by atomic mass is 10.2. The summed E-state index contributed by atoms with van der Waals surface area (Å²) in [5, 5.41) is 4.05. The number of aromatic nitrogens is 1. The first-order chi connectivity index (χ1) is 14.0. The van der Waals surface area contributed by atoms with Gasteiger partial charge in [0.2, 0.25) is 0 Å². The molecule has 2 aromatic carbocycles. The first-order valence-corrected chi connectivity index (χ1v) is 9.94. The Kier molecular flexibility index (Phi) is 5.42. The van der Waals surface area contributed by atoms with Gasteiger partial charge in [-0.3, -0.25) is 9.59 Å². The maximum absolute atomic E-state index is 12.7. The summed E-state index contributed by atoms with van der Waals surface area (Å²) in [6, 6.07) is 15.7. The molecular weight excluding hydrogens is 410 g/mol. The van der Waals surface area contributed by atoms with Gasteiger partial charge < -0.3 is 15.0 Å². The van der Waals surface area contributed by atoms with Gasteiger partial charge in [-0.25, -0.2) is 4.98 Å². The first-order valence-electron chi connectivity index (χ1n) is 8.74. The van der Waals surface area contributed by atoms with E-state index in [0.717, 1.165) is 10.6 Å². The van der Waals surface area contributed by atoms with Gasteiger partial charge in [-0.1, -0.05) is 23.4 Å². The minimum atomic E-state index is -0.290. The van der Waals surface area contributed by atoms with E-state index in [2.05, 4.69) is 10.3 Å². The molecule has 2 amide bonds. The lowest BCUT2D eigenvalue weighted by molar-refractivity contribution is -0.118. The molecule has 8 heteroatoms. The molecule has 1 aliphatic heterocycles. The van der Waals surface area contributed by atoms with Crippen molar-refractivity contribution in [3.63, 3.8) is 0 Å². The van der Waals surface area contributed by atoms with Gasteiger partial charge in [0.15, 0.2) is 6.61 Å².